The highest BCUT2D eigenvalue weighted by Crippen LogP contribution is 2.32. The predicted octanol–water partition coefficient (Wildman–Crippen LogP) is 9.05. The summed E-state index contributed by atoms with van der Waals surface area (Å²) in [6.07, 6.45) is 1.80. The lowest BCUT2D eigenvalue weighted by Gasteiger charge is -2.22. The van der Waals surface area contributed by atoms with E-state index in [1.807, 2.05) is 36.4 Å². The Hall–Kier alpha value is -4.24. The average molecular weight is 514 g/mol. The van der Waals surface area contributed by atoms with E-state index in [1.165, 1.54) is 22.3 Å². The number of nitrogens with two attached hydrogens (primary N) is 1. The Bertz CT molecular complexity index is 1510. The summed E-state index contributed by atoms with van der Waals surface area (Å²) in [7, 11) is 0. The van der Waals surface area contributed by atoms with E-state index in [4.69, 9.17) is 16.6 Å². The number of hydrogen-bond acceptors (Lipinski definition) is 3. The van der Waals surface area contributed by atoms with Gasteiger partial charge in [0.05, 0.1) is 11.4 Å². The van der Waals surface area contributed by atoms with E-state index in [2.05, 4.69) is 102 Å². The summed E-state index contributed by atoms with van der Waals surface area (Å²) >= 11 is 0. The predicted molar refractivity (Wildman–Crippen MR) is 168 cm³/mol. The number of fused-ring (bicyclic) bond motifs is 1. The molecule has 3 heteroatoms. The zero-order valence-corrected chi connectivity index (χ0v) is 23.9. The van der Waals surface area contributed by atoms with Gasteiger partial charge in [0.2, 0.25) is 0 Å². The van der Waals surface area contributed by atoms with Crippen LogP contribution in [-0.4, -0.2) is 11.4 Å². The molecule has 0 amide bonds. The van der Waals surface area contributed by atoms with E-state index in [0.29, 0.717) is 5.71 Å². The SMILES string of the molecule is CC(C)(C)c1ccc(-c2ccc(N)cc2)cc1.CC(C)(C)c1ccc(C2=CC(=N)C(=N)c3ccccc32)cc1. The van der Waals surface area contributed by atoms with E-state index in [0.717, 1.165) is 28.0 Å². The van der Waals surface area contributed by atoms with Gasteiger partial charge in [-0.2, -0.15) is 0 Å². The first-order chi connectivity index (χ1) is 18.3. The van der Waals surface area contributed by atoms with Crippen LogP contribution in [0.4, 0.5) is 5.69 Å². The van der Waals surface area contributed by atoms with E-state index in [9.17, 15) is 0 Å². The van der Waals surface area contributed by atoms with E-state index in [1.54, 1.807) is 6.08 Å². The molecule has 0 unspecified atom stereocenters. The molecule has 0 fully saturated rings. The van der Waals surface area contributed by atoms with Crippen LogP contribution in [0.1, 0.15) is 69.4 Å². The third-order valence-corrected chi connectivity index (χ3v) is 7.10. The third kappa shape index (κ3) is 6.43. The minimum Gasteiger partial charge on any atom is -0.399 e. The first-order valence-corrected chi connectivity index (χ1v) is 13.4. The lowest BCUT2D eigenvalue weighted by molar-refractivity contribution is 0.590. The molecule has 4 aromatic rings. The number of nitrogen functional groups attached to an aromatic ring is 1. The van der Waals surface area contributed by atoms with Gasteiger partial charge in [-0.25, -0.2) is 0 Å². The highest BCUT2D eigenvalue weighted by molar-refractivity contribution is 6.53. The van der Waals surface area contributed by atoms with E-state index in [-0.39, 0.29) is 16.5 Å². The quantitative estimate of drug-likeness (QED) is 0.230. The molecular formula is C36H39N3. The summed E-state index contributed by atoms with van der Waals surface area (Å²) in [5.41, 5.74) is 16.5. The van der Waals surface area contributed by atoms with Crippen molar-refractivity contribution >= 4 is 22.7 Å². The third-order valence-electron chi connectivity index (χ3n) is 7.10. The zero-order chi connectivity index (χ0) is 28.4. The van der Waals surface area contributed by atoms with Gasteiger partial charge in [-0.1, -0.05) is 126 Å². The molecule has 0 heterocycles. The highest BCUT2D eigenvalue weighted by atomic mass is 14.5. The summed E-state index contributed by atoms with van der Waals surface area (Å²) in [5, 5.41) is 16.1. The van der Waals surface area contributed by atoms with Crippen molar-refractivity contribution in [1.29, 1.82) is 10.8 Å². The van der Waals surface area contributed by atoms with Crippen molar-refractivity contribution in [1.82, 2.24) is 0 Å². The highest BCUT2D eigenvalue weighted by Gasteiger charge is 2.21. The molecule has 39 heavy (non-hydrogen) atoms. The normalized spacial score (nSPS) is 13.2. The maximum absolute atomic E-state index is 8.08. The van der Waals surface area contributed by atoms with Gasteiger partial charge in [0.15, 0.2) is 0 Å². The fourth-order valence-electron chi connectivity index (χ4n) is 4.60. The smallest absolute Gasteiger partial charge is 0.0867 e. The number of allylic oxidation sites excluding steroid dienone is 1. The largest absolute Gasteiger partial charge is 0.399 e. The first-order valence-electron chi connectivity index (χ1n) is 13.4. The Morgan fingerprint density at radius 1 is 0.513 bits per heavy atom. The molecule has 4 aromatic carbocycles. The summed E-state index contributed by atoms with van der Waals surface area (Å²) < 4.78 is 0. The van der Waals surface area contributed by atoms with Crippen LogP contribution < -0.4 is 5.73 Å². The number of benzene rings is 4. The lowest BCUT2D eigenvalue weighted by Crippen LogP contribution is -2.18. The molecule has 1 aliphatic carbocycles. The van der Waals surface area contributed by atoms with Crippen LogP contribution in [0.25, 0.3) is 16.7 Å². The second-order valence-corrected chi connectivity index (χ2v) is 12.2. The van der Waals surface area contributed by atoms with Crippen molar-refractivity contribution in [2.24, 2.45) is 0 Å². The first kappa shape index (κ1) is 27.8. The van der Waals surface area contributed by atoms with Crippen LogP contribution in [0.15, 0.2) is 103 Å². The van der Waals surface area contributed by atoms with Crippen molar-refractivity contribution in [3.63, 3.8) is 0 Å². The van der Waals surface area contributed by atoms with Gasteiger partial charge in [-0.15, -0.1) is 0 Å². The Kier molecular flexibility index (Phi) is 7.74. The molecule has 3 nitrogen and oxygen atoms in total. The van der Waals surface area contributed by atoms with Crippen LogP contribution in [0.3, 0.4) is 0 Å². The van der Waals surface area contributed by atoms with Crippen LogP contribution in [-0.2, 0) is 10.8 Å². The van der Waals surface area contributed by atoms with Gasteiger partial charge in [0, 0.05) is 11.3 Å². The van der Waals surface area contributed by atoms with Crippen LogP contribution in [0, 0.1) is 10.8 Å². The second-order valence-electron chi connectivity index (χ2n) is 12.2. The van der Waals surface area contributed by atoms with Crippen LogP contribution >= 0.6 is 0 Å². The Morgan fingerprint density at radius 3 is 1.38 bits per heavy atom. The molecule has 5 rings (SSSR count). The molecule has 0 spiro atoms. The molecule has 0 radical (unpaired) electrons. The summed E-state index contributed by atoms with van der Waals surface area (Å²) in [4.78, 5) is 0. The maximum Gasteiger partial charge on any atom is 0.0867 e. The zero-order valence-electron chi connectivity index (χ0n) is 23.9. The van der Waals surface area contributed by atoms with Crippen molar-refractivity contribution in [3.8, 4) is 11.1 Å². The average Bonchev–Trinajstić information content (AvgIpc) is 2.91. The van der Waals surface area contributed by atoms with Crippen molar-refractivity contribution in [3.05, 3.63) is 131 Å². The van der Waals surface area contributed by atoms with Gasteiger partial charge >= 0.3 is 0 Å². The summed E-state index contributed by atoms with van der Waals surface area (Å²) in [6, 6.07) is 33.1. The fraction of sp³-hybridized carbons (Fsp3) is 0.222. The molecule has 0 aromatic heterocycles. The number of nitrogens with one attached hydrogen (secondary N) is 2. The fourth-order valence-corrected chi connectivity index (χ4v) is 4.60. The number of anilines is 1. The maximum atomic E-state index is 8.08. The topological polar surface area (TPSA) is 73.7 Å². The van der Waals surface area contributed by atoms with Crippen LogP contribution in [0.2, 0.25) is 0 Å². The Morgan fingerprint density at radius 2 is 0.923 bits per heavy atom. The number of hydrogen-bond donors (Lipinski definition) is 3. The van der Waals surface area contributed by atoms with Crippen LogP contribution in [0.5, 0.6) is 0 Å². The van der Waals surface area contributed by atoms with E-state index >= 15 is 0 Å². The van der Waals surface area contributed by atoms with Gasteiger partial charge in [-0.05, 0) is 68.0 Å². The molecule has 0 aliphatic heterocycles. The molecule has 4 N–H and O–H groups in total. The minimum atomic E-state index is 0.131. The van der Waals surface area contributed by atoms with Crippen molar-refractivity contribution in [2.75, 3.05) is 5.73 Å². The van der Waals surface area contributed by atoms with Gasteiger partial charge < -0.3 is 5.73 Å². The van der Waals surface area contributed by atoms with Gasteiger partial charge in [0.1, 0.15) is 0 Å². The Labute approximate surface area is 233 Å². The molecule has 0 saturated heterocycles. The van der Waals surface area contributed by atoms with E-state index < -0.39 is 0 Å². The molecule has 198 valence electrons. The molecule has 0 saturated carbocycles. The van der Waals surface area contributed by atoms with Crippen molar-refractivity contribution in [2.45, 2.75) is 52.4 Å². The minimum absolute atomic E-state index is 0.131. The molecule has 1 aliphatic rings. The van der Waals surface area contributed by atoms with Crippen molar-refractivity contribution < 1.29 is 0 Å². The Balaban J connectivity index is 0.000000187. The lowest BCUT2D eigenvalue weighted by atomic mass is 9.82. The number of rotatable bonds is 2. The summed E-state index contributed by atoms with van der Waals surface area (Å²) in [5.74, 6) is 0. The molecule has 0 atom stereocenters. The summed E-state index contributed by atoms with van der Waals surface area (Å²) in [6.45, 7) is 13.3. The molecule has 0 bridgehead atoms. The molecular weight excluding hydrogens is 474 g/mol. The standard InChI is InChI=1S/C20H20N2.C16H19N/c1-20(2,3)14-10-8-13(9-11-14)17-12-18(21)19(22)16-7-5-4-6-15(16)17;1-16(2,3)14-8-4-12(5-9-14)13-6-10-15(17)11-7-13/h4-12,21-22H,1-3H3;4-11H,17H2,1-3H3. The van der Waals surface area contributed by atoms with Gasteiger partial charge in [0.25, 0.3) is 0 Å². The monoisotopic (exact) mass is 513 g/mol. The second kappa shape index (κ2) is 10.9. The van der Waals surface area contributed by atoms with Gasteiger partial charge in [-0.3, -0.25) is 10.8 Å².